The van der Waals surface area contributed by atoms with E-state index in [9.17, 15) is 9.90 Å². The molecule has 1 aliphatic heterocycles. The minimum atomic E-state index is -1.60. The lowest BCUT2D eigenvalue weighted by atomic mass is 9.80. The van der Waals surface area contributed by atoms with Crippen LogP contribution in [-0.2, 0) is 21.6 Å². The first kappa shape index (κ1) is 22.3. The van der Waals surface area contributed by atoms with Crippen LogP contribution in [0.15, 0.2) is 65.7 Å². The van der Waals surface area contributed by atoms with Gasteiger partial charge >= 0.3 is 5.97 Å². The smallest absolute Gasteiger partial charge is 0.343 e. The molecule has 4 rings (SSSR count). The molecule has 3 N–H and O–H groups in total. The third kappa shape index (κ3) is 4.96. The normalized spacial score (nSPS) is 21.5. The number of carbonyl (C=O) groups excluding carboxylic acids is 1. The van der Waals surface area contributed by atoms with Crippen molar-refractivity contribution in [1.82, 2.24) is 4.90 Å². The van der Waals surface area contributed by atoms with E-state index in [1.165, 1.54) is 5.56 Å². The summed E-state index contributed by atoms with van der Waals surface area (Å²) in [5.74, 6) is -0.171. The lowest BCUT2D eigenvalue weighted by Crippen LogP contribution is -2.45. The highest BCUT2D eigenvalue weighted by atomic mass is 16.6. The van der Waals surface area contributed by atoms with Crippen LogP contribution in [0.2, 0.25) is 0 Å². The number of hydrogen-bond donors (Lipinski definition) is 2. The topological polar surface area (TPSA) is 88.1 Å². The van der Waals surface area contributed by atoms with Gasteiger partial charge in [-0.3, -0.25) is 4.99 Å². The predicted octanol–water partition coefficient (Wildman–Crippen LogP) is 3.24. The van der Waals surface area contributed by atoms with Gasteiger partial charge in [0.1, 0.15) is 6.10 Å². The van der Waals surface area contributed by atoms with E-state index in [0.717, 1.165) is 32.1 Å². The molecule has 2 aliphatic rings. The van der Waals surface area contributed by atoms with Crippen LogP contribution in [0.1, 0.15) is 43.2 Å². The van der Waals surface area contributed by atoms with Crippen molar-refractivity contribution in [3.8, 4) is 0 Å². The maximum atomic E-state index is 13.3. The number of carbonyl (C=O) groups is 1. The van der Waals surface area contributed by atoms with Gasteiger partial charge in [0.15, 0.2) is 11.6 Å². The molecule has 0 bridgehead atoms. The SMILES string of the molecule is NC(=NCCc1ccccc1)N1CCC(OC(=O)C(O)(c2ccccc2)C2CCCC2)C1. The lowest BCUT2D eigenvalue weighted by Gasteiger charge is -2.33. The molecule has 0 amide bonds. The van der Waals surface area contributed by atoms with Gasteiger partial charge < -0.3 is 20.5 Å². The van der Waals surface area contributed by atoms with E-state index in [1.54, 1.807) is 0 Å². The van der Waals surface area contributed by atoms with Crippen molar-refractivity contribution in [1.29, 1.82) is 0 Å². The molecule has 1 saturated carbocycles. The molecule has 2 unspecified atom stereocenters. The molecule has 6 nitrogen and oxygen atoms in total. The number of guanidine groups is 1. The minimum absolute atomic E-state index is 0.112. The van der Waals surface area contributed by atoms with Crippen LogP contribution in [0, 0.1) is 5.92 Å². The first-order chi connectivity index (χ1) is 15.6. The highest BCUT2D eigenvalue weighted by Gasteiger charge is 2.48. The zero-order chi connectivity index (χ0) is 22.4. The number of rotatable bonds is 7. The number of hydrogen-bond acceptors (Lipinski definition) is 4. The highest BCUT2D eigenvalue weighted by Crippen LogP contribution is 2.41. The van der Waals surface area contributed by atoms with Gasteiger partial charge in [-0.05, 0) is 30.4 Å². The summed E-state index contributed by atoms with van der Waals surface area (Å²) < 4.78 is 5.86. The van der Waals surface area contributed by atoms with Crippen LogP contribution in [-0.4, -0.2) is 47.7 Å². The average Bonchev–Trinajstić information content (AvgIpc) is 3.53. The Kier molecular flexibility index (Phi) is 7.10. The van der Waals surface area contributed by atoms with Gasteiger partial charge in [0, 0.05) is 25.4 Å². The second-order valence-electron chi connectivity index (χ2n) is 8.85. The number of likely N-dealkylation sites (tertiary alicyclic amines) is 1. The number of aliphatic imine (C=N–C) groups is 1. The van der Waals surface area contributed by atoms with Gasteiger partial charge in [-0.2, -0.15) is 0 Å². The Hall–Kier alpha value is -2.86. The van der Waals surface area contributed by atoms with Crippen molar-refractivity contribution in [2.75, 3.05) is 19.6 Å². The number of nitrogens with zero attached hydrogens (tertiary/aromatic N) is 2. The molecule has 2 fully saturated rings. The predicted molar refractivity (Wildman–Crippen MR) is 125 cm³/mol. The zero-order valence-electron chi connectivity index (χ0n) is 18.5. The molecule has 2 aromatic rings. The van der Waals surface area contributed by atoms with E-state index < -0.39 is 11.6 Å². The summed E-state index contributed by atoms with van der Waals surface area (Å²) in [4.78, 5) is 19.7. The Bertz CT molecular complexity index is 912. The quantitative estimate of drug-likeness (QED) is 0.396. The number of benzene rings is 2. The Labute approximate surface area is 190 Å². The van der Waals surface area contributed by atoms with Crippen LogP contribution in [0.25, 0.3) is 0 Å². The first-order valence-electron chi connectivity index (χ1n) is 11.6. The van der Waals surface area contributed by atoms with Crippen molar-refractivity contribution >= 4 is 11.9 Å². The Balaban J connectivity index is 1.36. The van der Waals surface area contributed by atoms with Gasteiger partial charge in [-0.1, -0.05) is 73.5 Å². The van der Waals surface area contributed by atoms with Crippen LogP contribution in [0.5, 0.6) is 0 Å². The molecule has 1 saturated heterocycles. The van der Waals surface area contributed by atoms with Crippen LogP contribution < -0.4 is 5.73 Å². The third-order valence-electron chi connectivity index (χ3n) is 6.73. The highest BCUT2D eigenvalue weighted by molar-refractivity contribution is 5.82. The summed E-state index contributed by atoms with van der Waals surface area (Å²) in [6.07, 6.45) is 4.93. The molecule has 32 heavy (non-hydrogen) atoms. The number of nitrogens with two attached hydrogens (primary N) is 1. The summed E-state index contributed by atoms with van der Waals surface area (Å²) in [6, 6.07) is 19.4. The molecule has 1 aliphatic carbocycles. The number of ether oxygens (including phenoxy) is 1. The molecule has 0 aromatic heterocycles. The molecule has 1 heterocycles. The van der Waals surface area contributed by atoms with Crippen molar-refractivity contribution in [3.63, 3.8) is 0 Å². The third-order valence-corrected chi connectivity index (χ3v) is 6.73. The molecule has 6 heteroatoms. The standard InChI is InChI=1S/C26H33N3O3/c27-25(28-17-15-20-9-3-1-4-10-20)29-18-16-23(19-29)32-24(30)26(31,22-13-7-8-14-22)21-11-5-2-6-12-21/h1-6,9-12,22-23,31H,7-8,13-19H2,(H2,27,28). The van der Waals surface area contributed by atoms with E-state index in [4.69, 9.17) is 10.5 Å². The van der Waals surface area contributed by atoms with Gasteiger partial charge in [0.05, 0.1) is 6.54 Å². The van der Waals surface area contributed by atoms with Crippen LogP contribution >= 0.6 is 0 Å². The second-order valence-corrected chi connectivity index (χ2v) is 8.85. The molecule has 170 valence electrons. The monoisotopic (exact) mass is 435 g/mol. The van der Waals surface area contributed by atoms with Gasteiger partial charge in [0.2, 0.25) is 0 Å². The van der Waals surface area contributed by atoms with Crippen molar-refractivity contribution in [2.24, 2.45) is 16.6 Å². The lowest BCUT2D eigenvalue weighted by molar-refractivity contribution is -0.178. The van der Waals surface area contributed by atoms with Crippen molar-refractivity contribution in [2.45, 2.75) is 50.2 Å². The summed E-state index contributed by atoms with van der Waals surface area (Å²) in [6.45, 7) is 1.81. The van der Waals surface area contributed by atoms with E-state index in [1.807, 2.05) is 53.4 Å². The minimum Gasteiger partial charge on any atom is -0.458 e. The van der Waals surface area contributed by atoms with E-state index in [2.05, 4.69) is 17.1 Å². The summed E-state index contributed by atoms with van der Waals surface area (Å²) in [5, 5.41) is 11.6. The average molecular weight is 436 g/mol. The fourth-order valence-electron chi connectivity index (χ4n) is 4.87. The fourth-order valence-corrected chi connectivity index (χ4v) is 4.87. The Morgan fingerprint density at radius 2 is 1.72 bits per heavy atom. The largest absolute Gasteiger partial charge is 0.458 e. The second kappa shape index (κ2) is 10.2. The maximum absolute atomic E-state index is 13.3. The molecule has 0 spiro atoms. The zero-order valence-corrected chi connectivity index (χ0v) is 18.5. The van der Waals surface area contributed by atoms with Gasteiger partial charge in [-0.25, -0.2) is 4.79 Å². The maximum Gasteiger partial charge on any atom is 0.343 e. The van der Waals surface area contributed by atoms with Crippen LogP contribution in [0.4, 0.5) is 0 Å². The van der Waals surface area contributed by atoms with E-state index >= 15 is 0 Å². The molecule has 2 atom stereocenters. The summed E-state index contributed by atoms with van der Waals surface area (Å²) >= 11 is 0. The number of esters is 1. The van der Waals surface area contributed by atoms with Crippen molar-refractivity contribution in [3.05, 3.63) is 71.8 Å². The Morgan fingerprint density at radius 1 is 1.06 bits per heavy atom. The first-order valence-corrected chi connectivity index (χ1v) is 11.6. The molecular weight excluding hydrogens is 402 g/mol. The van der Waals surface area contributed by atoms with Gasteiger partial charge in [0.25, 0.3) is 0 Å². The van der Waals surface area contributed by atoms with Crippen LogP contribution in [0.3, 0.4) is 0 Å². The van der Waals surface area contributed by atoms with E-state index in [0.29, 0.717) is 37.6 Å². The summed E-state index contributed by atoms with van der Waals surface area (Å²) in [7, 11) is 0. The number of aliphatic hydroxyl groups is 1. The fraction of sp³-hybridized carbons (Fsp3) is 0.462. The Morgan fingerprint density at radius 3 is 2.41 bits per heavy atom. The molecule has 0 radical (unpaired) electrons. The molecular formula is C26H33N3O3. The van der Waals surface area contributed by atoms with Crippen molar-refractivity contribution < 1.29 is 14.6 Å². The van der Waals surface area contributed by atoms with E-state index in [-0.39, 0.29) is 12.0 Å². The summed E-state index contributed by atoms with van der Waals surface area (Å²) in [5.41, 5.74) is 6.45. The van der Waals surface area contributed by atoms with Gasteiger partial charge in [-0.15, -0.1) is 0 Å². The molecule has 2 aromatic carbocycles.